The lowest BCUT2D eigenvalue weighted by molar-refractivity contribution is 0.201. The molecule has 2 heterocycles. The first kappa shape index (κ1) is 14.3. The SMILES string of the molecule is COc1ncc(Cl)c(N2CCN(C(C)CN)CC2)n1. The third kappa shape index (κ3) is 3.26. The highest BCUT2D eigenvalue weighted by atomic mass is 35.5. The molecule has 0 radical (unpaired) electrons. The molecule has 2 rings (SSSR count). The largest absolute Gasteiger partial charge is 0.467 e. The molecular formula is C12H20ClN5O. The summed E-state index contributed by atoms with van der Waals surface area (Å²) in [7, 11) is 1.55. The second-order valence-corrected chi connectivity index (χ2v) is 5.04. The molecule has 1 atom stereocenters. The minimum atomic E-state index is 0.345. The highest BCUT2D eigenvalue weighted by molar-refractivity contribution is 6.32. The van der Waals surface area contributed by atoms with Crippen molar-refractivity contribution in [1.29, 1.82) is 0 Å². The first-order valence-electron chi connectivity index (χ1n) is 6.41. The molecule has 106 valence electrons. The molecule has 0 aliphatic carbocycles. The molecule has 6 nitrogen and oxygen atoms in total. The van der Waals surface area contributed by atoms with E-state index in [9.17, 15) is 0 Å². The topological polar surface area (TPSA) is 67.5 Å². The zero-order valence-corrected chi connectivity index (χ0v) is 12.1. The van der Waals surface area contributed by atoms with Crippen LogP contribution in [0.15, 0.2) is 6.20 Å². The van der Waals surface area contributed by atoms with Gasteiger partial charge in [0.2, 0.25) is 0 Å². The van der Waals surface area contributed by atoms with Gasteiger partial charge in [-0.3, -0.25) is 4.90 Å². The Bertz CT molecular complexity index is 423. The van der Waals surface area contributed by atoms with Crippen molar-refractivity contribution in [3.8, 4) is 6.01 Å². The van der Waals surface area contributed by atoms with Crippen molar-refractivity contribution in [3.05, 3.63) is 11.2 Å². The third-order valence-corrected chi connectivity index (χ3v) is 3.73. The Labute approximate surface area is 118 Å². The van der Waals surface area contributed by atoms with Crippen molar-refractivity contribution < 1.29 is 4.74 Å². The molecule has 0 aromatic carbocycles. The summed E-state index contributed by atoms with van der Waals surface area (Å²) in [5.41, 5.74) is 5.70. The average Bonchev–Trinajstić information content (AvgIpc) is 2.47. The number of anilines is 1. The fourth-order valence-electron chi connectivity index (χ4n) is 2.19. The van der Waals surface area contributed by atoms with Gasteiger partial charge in [0.25, 0.3) is 0 Å². The summed E-state index contributed by atoms with van der Waals surface area (Å²) in [6.07, 6.45) is 1.58. The van der Waals surface area contributed by atoms with Crippen LogP contribution in [-0.2, 0) is 0 Å². The Balaban J connectivity index is 2.05. The molecule has 1 saturated heterocycles. The van der Waals surface area contributed by atoms with Crippen LogP contribution in [0.1, 0.15) is 6.92 Å². The lowest BCUT2D eigenvalue weighted by atomic mass is 10.2. The van der Waals surface area contributed by atoms with Gasteiger partial charge in [-0.25, -0.2) is 4.98 Å². The van der Waals surface area contributed by atoms with E-state index in [0.717, 1.165) is 32.0 Å². The van der Waals surface area contributed by atoms with Crippen LogP contribution in [0.2, 0.25) is 5.02 Å². The number of rotatable bonds is 4. The summed E-state index contributed by atoms with van der Waals surface area (Å²) in [4.78, 5) is 12.8. The second-order valence-electron chi connectivity index (χ2n) is 4.64. The summed E-state index contributed by atoms with van der Waals surface area (Å²) in [6, 6.07) is 0.759. The highest BCUT2D eigenvalue weighted by Crippen LogP contribution is 2.25. The van der Waals surface area contributed by atoms with E-state index in [1.54, 1.807) is 13.3 Å². The van der Waals surface area contributed by atoms with Gasteiger partial charge >= 0.3 is 6.01 Å². The molecule has 1 unspecified atom stereocenters. The van der Waals surface area contributed by atoms with Crippen molar-refractivity contribution in [2.45, 2.75) is 13.0 Å². The van der Waals surface area contributed by atoms with Gasteiger partial charge in [0, 0.05) is 38.8 Å². The second kappa shape index (κ2) is 6.36. The van der Waals surface area contributed by atoms with Gasteiger partial charge in [-0.1, -0.05) is 11.6 Å². The van der Waals surface area contributed by atoms with Crippen LogP contribution in [0.4, 0.5) is 5.82 Å². The van der Waals surface area contributed by atoms with Gasteiger partial charge in [-0.2, -0.15) is 4.98 Å². The van der Waals surface area contributed by atoms with E-state index in [1.807, 2.05) is 0 Å². The predicted molar refractivity (Wildman–Crippen MR) is 75.9 cm³/mol. The Morgan fingerprint density at radius 1 is 1.42 bits per heavy atom. The van der Waals surface area contributed by atoms with Crippen LogP contribution in [0, 0.1) is 0 Å². The molecule has 2 N–H and O–H groups in total. The predicted octanol–water partition coefficient (Wildman–Crippen LogP) is 0.608. The van der Waals surface area contributed by atoms with E-state index in [2.05, 4.69) is 26.7 Å². The summed E-state index contributed by atoms with van der Waals surface area (Å²) < 4.78 is 5.04. The van der Waals surface area contributed by atoms with E-state index in [4.69, 9.17) is 22.1 Å². The minimum Gasteiger partial charge on any atom is -0.467 e. The summed E-state index contributed by atoms with van der Waals surface area (Å²) in [5.74, 6) is 0.744. The number of methoxy groups -OCH3 is 1. The maximum Gasteiger partial charge on any atom is 0.318 e. The van der Waals surface area contributed by atoms with Crippen molar-refractivity contribution in [2.75, 3.05) is 44.7 Å². The zero-order valence-electron chi connectivity index (χ0n) is 11.3. The van der Waals surface area contributed by atoms with Crippen molar-refractivity contribution >= 4 is 17.4 Å². The summed E-state index contributed by atoms with van der Waals surface area (Å²) in [5, 5.41) is 0.557. The molecule has 7 heteroatoms. The van der Waals surface area contributed by atoms with Crippen molar-refractivity contribution in [3.63, 3.8) is 0 Å². The molecule has 1 aromatic heterocycles. The van der Waals surface area contributed by atoms with Gasteiger partial charge in [-0.05, 0) is 6.92 Å². The van der Waals surface area contributed by atoms with Gasteiger partial charge in [-0.15, -0.1) is 0 Å². The first-order valence-corrected chi connectivity index (χ1v) is 6.79. The van der Waals surface area contributed by atoms with Crippen LogP contribution in [0.25, 0.3) is 0 Å². The molecule has 0 bridgehead atoms. The average molecular weight is 286 g/mol. The number of aromatic nitrogens is 2. The van der Waals surface area contributed by atoms with Gasteiger partial charge in [0.1, 0.15) is 5.02 Å². The maximum atomic E-state index is 6.16. The first-order chi connectivity index (χ1) is 9.15. The Morgan fingerprint density at radius 2 is 2.11 bits per heavy atom. The van der Waals surface area contributed by atoms with Crippen LogP contribution in [0.5, 0.6) is 6.01 Å². The third-order valence-electron chi connectivity index (χ3n) is 3.46. The number of nitrogens with two attached hydrogens (primary N) is 1. The van der Waals surface area contributed by atoms with Gasteiger partial charge < -0.3 is 15.4 Å². The van der Waals surface area contributed by atoms with Gasteiger partial charge in [0.05, 0.1) is 13.3 Å². The molecule has 1 fully saturated rings. The summed E-state index contributed by atoms with van der Waals surface area (Å²) >= 11 is 6.16. The lowest BCUT2D eigenvalue weighted by Crippen LogP contribution is -2.51. The number of ether oxygens (including phenoxy) is 1. The van der Waals surface area contributed by atoms with E-state index >= 15 is 0 Å². The van der Waals surface area contributed by atoms with Crippen LogP contribution in [0.3, 0.4) is 0 Å². The highest BCUT2D eigenvalue weighted by Gasteiger charge is 2.23. The fraction of sp³-hybridized carbons (Fsp3) is 0.667. The number of hydrogen-bond donors (Lipinski definition) is 1. The smallest absolute Gasteiger partial charge is 0.318 e. The minimum absolute atomic E-state index is 0.345. The van der Waals surface area contributed by atoms with E-state index < -0.39 is 0 Å². The van der Waals surface area contributed by atoms with Crippen molar-refractivity contribution in [2.24, 2.45) is 5.73 Å². The zero-order chi connectivity index (χ0) is 13.8. The maximum absolute atomic E-state index is 6.16. The Hall–Kier alpha value is -1.11. The molecular weight excluding hydrogens is 266 g/mol. The quantitative estimate of drug-likeness (QED) is 0.874. The fourth-order valence-corrected chi connectivity index (χ4v) is 2.40. The molecule has 1 aliphatic rings. The number of halogens is 1. The number of nitrogens with zero attached hydrogens (tertiary/aromatic N) is 4. The van der Waals surface area contributed by atoms with Gasteiger partial charge in [0.15, 0.2) is 5.82 Å². The summed E-state index contributed by atoms with van der Waals surface area (Å²) in [6.45, 7) is 6.51. The molecule has 0 amide bonds. The monoisotopic (exact) mass is 285 g/mol. The molecule has 0 saturated carbocycles. The lowest BCUT2D eigenvalue weighted by Gasteiger charge is -2.38. The van der Waals surface area contributed by atoms with E-state index in [0.29, 0.717) is 23.6 Å². The molecule has 0 spiro atoms. The number of piperazine rings is 1. The normalized spacial score (nSPS) is 18.4. The Kier molecular flexibility index (Phi) is 4.79. The van der Waals surface area contributed by atoms with Crippen LogP contribution in [-0.4, -0.2) is 60.7 Å². The Morgan fingerprint density at radius 3 is 2.68 bits per heavy atom. The van der Waals surface area contributed by atoms with Crippen LogP contribution >= 0.6 is 11.6 Å². The molecule has 1 aromatic rings. The molecule has 19 heavy (non-hydrogen) atoms. The van der Waals surface area contributed by atoms with Crippen LogP contribution < -0.4 is 15.4 Å². The molecule has 1 aliphatic heterocycles. The van der Waals surface area contributed by atoms with Crippen molar-refractivity contribution in [1.82, 2.24) is 14.9 Å². The number of hydrogen-bond acceptors (Lipinski definition) is 6. The van der Waals surface area contributed by atoms with E-state index in [-0.39, 0.29) is 0 Å². The van der Waals surface area contributed by atoms with E-state index in [1.165, 1.54) is 0 Å². The standard InChI is InChI=1S/C12H20ClN5O/c1-9(7-14)17-3-5-18(6-4-17)11-10(13)8-15-12(16-11)19-2/h8-9H,3-7,14H2,1-2H3.